The molecule has 1 aliphatic heterocycles. The molecule has 0 amide bonds. The van der Waals surface area contributed by atoms with Crippen LogP contribution in [0.15, 0.2) is 18.3 Å². The zero-order valence-corrected chi connectivity index (χ0v) is 9.22. The number of nitrogens with zero attached hydrogens (tertiary/aromatic N) is 3. The van der Waals surface area contributed by atoms with Gasteiger partial charge in [0.05, 0.1) is 11.2 Å². The number of pyridine rings is 1. The third-order valence-electron chi connectivity index (χ3n) is 4.01. The van der Waals surface area contributed by atoms with Gasteiger partial charge < -0.3 is 5.32 Å². The highest BCUT2D eigenvalue weighted by Crippen LogP contribution is 2.55. The van der Waals surface area contributed by atoms with Crippen molar-refractivity contribution in [3.63, 3.8) is 0 Å². The van der Waals surface area contributed by atoms with Crippen molar-refractivity contribution in [2.24, 2.45) is 11.8 Å². The molecule has 4 rings (SSSR count). The molecule has 0 radical (unpaired) electrons. The molecule has 1 N–H and O–H groups in total. The number of aryl methyl sites for hydroxylation is 1. The highest BCUT2D eigenvalue weighted by molar-refractivity contribution is 5.56. The van der Waals surface area contributed by atoms with Crippen LogP contribution < -0.4 is 5.32 Å². The van der Waals surface area contributed by atoms with Crippen molar-refractivity contribution < 1.29 is 0 Å². The molecule has 2 aliphatic rings. The lowest BCUT2D eigenvalue weighted by molar-refractivity contribution is 0.674. The maximum Gasteiger partial charge on any atom is 0.0942 e. The summed E-state index contributed by atoms with van der Waals surface area (Å²) in [7, 11) is 0. The van der Waals surface area contributed by atoms with Gasteiger partial charge in [0, 0.05) is 12.1 Å². The Morgan fingerprint density at radius 1 is 1.38 bits per heavy atom. The average Bonchev–Trinajstić information content (AvgIpc) is 2.71. The summed E-state index contributed by atoms with van der Waals surface area (Å²) in [5, 5.41) is 12.0. The Balaban J connectivity index is 1.83. The minimum Gasteiger partial charge on any atom is -0.316 e. The standard InChI is InChI=1S/C12H14N4/c1-7-2-3-16-10(4-7)12(14-15-16)11-8-5-13-6-9(8)11/h2-4,8-9,11,13H,5-6H2,1H3/t8-,9+,11?. The summed E-state index contributed by atoms with van der Waals surface area (Å²) in [4.78, 5) is 0. The van der Waals surface area contributed by atoms with Crippen molar-refractivity contribution in [2.75, 3.05) is 13.1 Å². The highest BCUT2D eigenvalue weighted by Gasteiger charge is 2.55. The molecule has 3 atom stereocenters. The number of fused-ring (bicyclic) bond motifs is 2. The molecular formula is C12H14N4. The molecule has 2 aromatic rings. The molecule has 1 saturated heterocycles. The second kappa shape index (κ2) is 2.83. The lowest BCUT2D eigenvalue weighted by Crippen LogP contribution is -2.14. The maximum absolute atomic E-state index is 4.37. The van der Waals surface area contributed by atoms with Crippen LogP contribution in [-0.4, -0.2) is 27.9 Å². The number of aromatic nitrogens is 3. The molecule has 4 heteroatoms. The monoisotopic (exact) mass is 214 g/mol. The van der Waals surface area contributed by atoms with E-state index in [-0.39, 0.29) is 0 Å². The molecule has 2 aromatic heterocycles. The highest BCUT2D eigenvalue weighted by atomic mass is 15.4. The smallest absolute Gasteiger partial charge is 0.0942 e. The largest absolute Gasteiger partial charge is 0.316 e. The van der Waals surface area contributed by atoms with Crippen molar-refractivity contribution in [3.05, 3.63) is 29.6 Å². The van der Waals surface area contributed by atoms with Crippen LogP contribution >= 0.6 is 0 Å². The van der Waals surface area contributed by atoms with Crippen LogP contribution in [-0.2, 0) is 0 Å². The number of nitrogens with one attached hydrogen (secondary N) is 1. The second-order valence-corrected chi connectivity index (χ2v) is 5.02. The number of hydrogen-bond acceptors (Lipinski definition) is 3. The van der Waals surface area contributed by atoms with E-state index < -0.39 is 0 Å². The van der Waals surface area contributed by atoms with E-state index in [2.05, 4.69) is 34.7 Å². The van der Waals surface area contributed by atoms with E-state index >= 15 is 0 Å². The summed E-state index contributed by atoms with van der Waals surface area (Å²) >= 11 is 0. The van der Waals surface area contributed by atoms with Crippen molar-refractivity contribution >= 4 is 5.52 Å². The molecule has 1 aliphatic carbocycles. The predicted molar refractivity (Wildman–Crippen MR) is 60.3 cm³/mol. The van der Waals surface area contributed by atoms with Gasteiger partial charge in [-0.15, -0.1) is 5.10 Å². The normalized spacial score (nSPS) is 31.9. The quantitative estimate of drug-likeness (QED) is 0.769. The molecule has 0 spiro atoms. The molecule has 1 unspecified atom stereocenters. The predicted octanol–water partition coefficient (Wildman–Crippen LogP) is 0.971. The Bertz CT molecular complexity index is 549. The van der Waals surface area contributed by atoms with Crippen LogP contribution in [0.25, 0.3) is 5.52 Å². The van der Waals surface area contributed by atoms with E-state index in [1.165, 1.54) is 16.8 Å². The Morgan fingerprint density at radius 2 is 2.19 bits per heavy atom. The molecule has 3 heterocycles. The van der Waals surface area contributed by atoms with Gasteiger partial charge in [0.1, 0.15) is 0 Å². The van der Waals surface area contributed by atoms with Gasteiger partial charge in [-0.25, -0.2) is 4.52 Å². The topological polar surface area (TPSA) is 42.2 Å². The average molecular weight is 214 g/mol. The Morgan fingerprint density at radius 3 is 3.00 bits per heavy atom. The van der Waals surface area contributed by atoms with Crippen molar-refractivity contribution in [2.45, 2.75) is 12.8 Å². The first-order chi connectivity index (χ1) is 7.84. The van der Waals surface area contributed by atoms with Crippen molar-refractivity contribution in [1.82, 2.24) is 20.1 Å². The van der Waals surface area contributed by atoms with E-state index in [0.717, 1.165) is 24.9 Å². The molecule has 0 aromatic carbocycles. The van der Waals surface area contributed by atoms with Gasteiger partial charge in [-0.05, 0) is 49.5 Å². The molecule has 82 valence electrons. The summed E-state index contributed by atoms with van der Waals surface area (Å²) in [6, 6.07) is 4.26. The summed E-state index contributed by atoms with van der Waals surface area (Å²) < 4.78 is 1.89. The summed E-state index contributed by atoms with van der Waals surface area (Å²) in [6.07, 6.45) is 2.00. The molecule has 16 heavy (non-hydrogen) atoms. The molecule has 0 bridgehead atoms. The lowest BCUT2D eigenvalue weighted by atomic mass is 10.1. The zero-order valence-electron chi connectivity index (χ0n) is 9.22. The van der Waals surface area contributed by atoms with E-state index in [1.807, 2.05) is 10.7 Å². The van der Waals surface area contributed by atoms with Crippen LogP contribution in [0.2, 0.25) is 0 Å². The van der Waals surface area contributed by atoms with Gasteiger partial charge in [-0.1, -0.05) is 5.21 Å². The first-order valence-electron chi connectivity index (χ1n) is 5.87. The third-order valence-corrected chi connectivity index (χ3v) is 4.01. The molecule has 2 fully saturated rings. The maximum atomic E-state index is 4.37. The first-order valence-corrected chi connectivity index (χ1v) is 5.87. The van der Waals surface area contributed by atoms with Gasteiger partial charge in [-0.2, -0.15) is 0 Å². The Kier molecular flexibility index (Phi) is 1.54. The fourth-order valence-corrected chi connectivity index (χ4v) is 3.08. The van der Waals surface area contributed by atoms with E-state index in [0.29, 0.717) is 5.92 Å². The van der Waals surface area contributed by atoms with Crippen molar-refractivity contribution in [1.29, 1.82) is 0 Å². The Labute approximate surface area is 93.7 Å². The van der Waals surface area contributed by atoms with Crippen LogP contribution in [0.5, 0.6) is 0 Å². The van der Waals surface area contributed by atoms with E-state index in [1.54, 1.807) is 0 Å². The third kappa shape index (κ3) is 1.02. The number of hydrogen-bond donors (Lipinski definition) is 1. The summed E-state index contributed by atoms with van der Waals surface area (Å²) in [6.45, 7) is 4.42. The van der Waals surface area contributed by atoms with Crippen molar-refractivity contribution in [3.8, 4) is 0 Å². The van der Waals surface area contributed by atoms with Gasteiger partial charge >= 0.3 is 0 Å². The van der Waals surface area contributed by atoms with Gasteiger partial charge in [0.2, 0.25) is 0 Å². The lowest BCUT2D eigenvalue weighted by Gasteiger charge is -2.01. The fraction of sp³-hybridized carbons (Fsp3) is 0.500. The van der Waals surface area contributed by atoms with Gasteiger partial charge in [-0.3, -0.25) is 0 Å². The minimum atomic E-state index is 0.653. The summed E-state index contributed by atoms with van der Waals surface area (Å²) in [5.41, 5.74) is 3.68. The van der Waals surface area contributed by atoms with Crippen LogP contribution in [0.3, 0.4) is 0 Å². The van der Waals surface area contributed by atoms with E-state index in [9.17, 15) is 0 Å². The number of piperidine rings is 1. The fourth-order valence-electron chi connectivity index (χ4n) is 3.08. The molecule has 1 saturated carbocycles. The van der Waals surface area contributed by atoms with Gasteiger partial charge in [0.15, 0.2) is 0 Å². The first kappa shape index (κ1) is 8.70. The zero-order chi connectivity index (χ0) is 10.7. The SMILES string of the molecule is Cc1ccn2nnc(C3[C@H]4CNC[C@@H]34)c2c1. The van der Waals surface area contributed by atoms with Crippen LogP contribution in [0.4, 0.5) is 0 Å². The van der Waals surface area contributed by atoms with Gasteiger partial charge in [0.25, 0.3) is 0 Å². The Hall–Kier alpha value is -1.42. The molecule has 4 nitrogen and oxygen atoms in total. The second-order valence-electron chi connectivity index (χ2n) is 5.02. The number of rotatable bonds is 1. The van der Waals surface area contributed by atoms with Crippen LogP contribution in [0, 0.1) is 18.8 Å². The van der Waals surface area contributed by atoms with Crippen LogP contribution in [0.1, 0.15) is 17.2 Å². The summed E-state index contributed by atoms with van der Waals surface area (Å²) in [5.74, 6) is 2.27. The minimum absolute atomic E-state index is 0.653. The van der Waals surface area contributed by atoms with E-state index in [4.69, 9.17) is 0 Å². The molecular weight excluding hydrogens is 200 g/mol.